The Morgan fingerprint density at radius 2 is 2.22 bits per heavy atom. The van der Waals surface area contributed by atoms with Crippen molar-refractivity contribution in [3.05, 3.63) is 15.9 Å². The minimum Gasteiger partial charge on any atom is -0.318 e. The van der Waals surface area contributed by atoms with Crippen LogP contribution >= 0.6 is 27.3 Å². The third-order valence-corrected chi connectivity index (χ3v) is 4.46. The van der Waals surface area contributed by atoms with E-state index in [2.05, 4.69) is 31.5 Å². The maximum atomic E-state index is 11.7. The van der Waals surface area contributed by atoms with Crippen LogP contribution in [-0.4, -0.2) is 43.5 Å². The van der Waals surface area contributed by atoms with Crippen molar-refractivity contribution in [2.24, 2.45) is 0 Å². The second-order valence-electron chi connectivity index (χ2n) is 4.35. The molecule has 6 heteroatoms. The summed E-state index contributed by atoms with van der Waals surface area (Å²) in [6, 6.07) is 3.87. The Balaban J connectivity index is 1.62. The van der Waals surface area contributed by atoms with Crippen LogP contribution in [0, 0.1) is 0 Å². The van der Waals surface area contributed by atoms with Gasteiger partial charge in [-0.3, -0.25) is 4.79 Å². The van der Waals surface area contributed by atoms with E-state index in [0.29, 0.717) is 6.42 Å². The summed E-state index contributed by atoms with van der Waals surface area (Å²) < 4.78 is 1.04. The highest BCUT2D eigenvalue weighted by molar-refractivity contribution is 9.11. The Morgan fingerprint density at radius 1 is 1.44 bits per heavy atom. The average molecular weight is 332 g/mol. The third kappa shape index (κ3) is 4.68. The van der Waals surface area contributed by atoms with Gasteiger partial charge in [-0.15, -0.1) is 11.3 Å². The quantitative estimate of drug-likeness (QED) is 0.868. The van der Waals surface area contributed by atoms with E-state index in [1.54, 1.807) is 11.3 Å². The van der Waals surface area contributed by atoms with Crippen LogP contribution in [0.25, 0.3) is 0 Å². The van der Waals surface area contributed by atoms with Gasteiger partial charge in [-0.1, -0.05) is 0 Å². The number of carbonyl (C=O) groups is 1. The first-order valence-electron chi connectivity index (χ1n) is 6.22. The molecule has 4 nitrogen and oxygen atoms in total. The normalized spacial score (nSPS) is 16.7. The lowest BCUT2D eigenvalue weighted by Gasteiger charge is -2.26. The van der Waals surface area contributed by atoms with Crippen molar-refractivity contribution < 1.29 is 4.79 Å². The number of nitrogens with zero attached hydrogens (tertiary/aromatic N) is 1. The van der Waals surface area contributed by atoms with Crippen LogP contribution in [-0.2, 0) is 4.79 Å². The van der Waals surface area contributed by atoms with Gasteiger partial charge in [-0.2, -0.15) is 0 Å². The van der Waals surface area contributed by atoms with E-state index >= 15 is 0 Å². The van der Waals surface area contributed by atoms with Crippen LogP contribution in [0.2, 0.25) is 0 Å². The van der Waals surface area contributed by atoms with Gasteiger partial charge < -0.3 is 15.5 Å². The minimum atomic E-state index is 0.111. The van der Waals surface area contributed by atoms with Gasteiger partial charge in [0.25, 0.3) is 0 Å². The summed E-state index contributed by atoms with van der Waals surface area (Å²) in [5.41, 5.74) is 0. The molecule has 2 heterocycles. The first kappa shape index (κ1) is 14.0. The van der Waals surface area contributed by atoms with Crippen molar-refractivity contribution >= 4 is 38.2 Å². The molecule has 1 aliphatic rings. The lowest BCUT2D eigenvalue weighted by molar-refractivity contribution is -0.116. The number of hydrogen-bond donors (Lipinski definition) is 2. The zero-order chi connectivity index (χ0) is 12.8. The fraction of sp³-hybridized carbons (Fsp3) is 0.583. The predicted octanol–water partition coefficient (Wildman–Crippen LogP) is 2.13. The van der Waals surface area contributed by atoms with Gasteiger partial charge in [0.15, 0.2) is 0 Å². The fourth-order valence-electron chi connectivity index (χ4n) is 1.98. The highest BCUT2D eigenvalue weighted by Crippen LogP contribution is 2.26. The summed E-state index contributed by atoms with van der Waals surface area (Å²) in [7, 11) is 0. The SMILES string of the molecule is O=C(CCCN1CCNCC1)Nc1ccc(Br)s1. The lowest BCUT2D eigenvalue weighted by Crippen LogP contribution is -2.43. The molecule has 1 fully saturated rings. The molecule has 1 aliphatic heterocycles. The standard InChI is InChI=1S/C12H18BrN3OS/c13-10-3-4-12(18-10)15-11(17)2-1-7-16-8-5-14-6-9-16/h3-4,14H,1-2,5-9H2,(H,15,17). The number of piperazine rings is 1. The van der Waals surface area contributed by atoms with Crippen molar-refractivity contribution in [3.8, 4) is 0 Å². The van der Waals surface area contributed by atoms with Gasteiger partial charge in [0.1, 0.15) is 0 Å². The van der Waals surface area contributed by atoms with Crippen molar-refractivity contribution in [3.63, 3.8) is 0 Å². The van der Waals surface area contributed by atoms with Gasteiger partial charge in [0.05, 0.1) is 8.79 Å². The first-order chi connectivity index (χ1) is 8.74. The molecular weight excluding hydrogens is 314 g/mol. The number of hydrogen-bond acceptors (Lipinski definition) is 4. The molecule has 0 bridgehead atoms. The average Bonchev–Trinajstić information content (AvgIpc) is 2.76. The van der Waals surface area contributed by atoms with E-state index < -0.39 is 0 Å². The maximum absolute atomic E-state index is 11.7. The highest BCUT2D eigenvalue weighted by Gasteiger charge is 2.10. The molecule has 1 aromatic heterocycles. The largest absolute Gasteiger partial charge is 0.318 e. The topological polar surface area (TPSA) is 44.4 Å². The first-order valence-corrected chi connectivity index (χ1v) is 7.83. The van der Waals surface area contributed by atoms with Crippen molar-refractivity contribution in [2.75, 3.05) is 38.0 Å². The Morgan fingerprint density at radius 3 is 2.89 bits per heavy atom. The fourth-order valence-corrected chi connectivity index (χ4v) is 3.28. The van der Waals surface area contributed by atoms with Crippen molar-refractivity contribution in [2.45, 2.75) is 12.8 Å². The number of rotatable bonds is 5. The van der Waals surface area contributed by atoms with E-state index in [1.165, 1.54) is 0 Å². The minimum absolute atomic E-state index is 0.111. The molecule has 1 amide bonds. The molecule has 1 saturated heterocycles. The van der Waals surface area contributed by atoms with E-state index in [0.717, 1.165) is 47.9 Å². The number of thiophene rings is 1. The molecule has 0 atom stereocenters. The molecule has 0 saturated carbocycles. The molecule has 0 radical (unpaired) electrons. The van der Waals surface area contributed by atoms with Gasteiger partial charge in [0, 0.05) is 32.6 Å². The summed E-state index contributed by atoms with van der Waals surface area (Å²) in [5.74, 6) is 0.111. The van der Waals surface area contributed by atoms with Crippen LogP contribution in [0.3, 0.4) is 0 Å². The molecule has 0 unspecified atom stereocenters. The van der Waals surface area contributed by atoms with Crippen molar-refractivity contribution in [1.82, 2.24) is 10.2 Å². The molecule has 2 rings (SSSR count). The zero-order valence-electron chi connectivity index (χ0n) is 10.2. The smallest absolute Gasteiger partial charge is 0.225 e. The third-order valence-electron chi connectivity index (χ3n) is 2.92. The van der Waals surface area contributed by atoms with E-state index in [9.17, 15) is 4.79 Å². The molecule has 1 aromatic rings. The monoisotopic (exact) mass is 331 g/mol. The summed E-state index contributed by atoms with van der Waals surface area (Å²) in [6.07, 6.45) is 1.53. The Hall–Kier alpha value is -0.430. The molecule has 0 aromatic carbocycles. The lowest BCUT2D eigenvalue weighted by atomic mass is 10.2. The second-order valence-corrected chi connectivity index (χ2v) is 6.81. The van der Waals surface area contributed by atoms with Gasteiger partial charge in [-0.25, -0.2) is 0 Å². The molecule has 18 heavy (non-hydrogen) atoms. The second kappa shape index (κ2) is 7.23. The molecule has 0 aliphatic carbocycles. The van der Waals surface area contributed by atoms with Crippen LogP contribution in [0.4, 0.5) is 5.00 Å². The highest BCUT2D eigenvalue weighted by atomic mass is 79.9. The Bertz CT molecular complexity index is 390. The van der Waals surface area contributed by atoms with E-state index in [-0.39, 0.29) is 5.91 Å². The Kier molecular flexibility index (Phi) is 5.62. The number of carbonyl (C=O) groups excluding carboxylic acids is 1. The van der Waals surface area contributed by atoms with E-state index in [1.807, 2.05) is 12.1 Å². The molecule has 2 N–H and O–H groups in total. The number of nitrogens with one attached hydrogen (secondary N) is 2. The van der Waals surface area contributed by atoms with Gasteiger partial charge in [-0.05, 0) is 41.0 Å². The number of anilines is 1. The molecular formula is C12H18BrN3OS. The number of amides is 1. The molecule has 0 spiro atoms. The molecule has 100 valence electrons. The Labute approximate surface area is 120 Å². The summed E-state index contributed by atoms with van der Waals surface area (Å²) in [6.45, 7) is 5.34. The van der Waals surface area contributed by atoms with Gasteiger partial charge in [0.2, 0.25) is 5.91 Å². The van der Waals surface area contributed by atoms with Crippen molar-refractivity contribution in [1.29, 1.82) is 0 Å². The summed E-state index contributed by atoms with van der Waals surface area (Å²) in [5, 5.41) is 7.16. The zero-order valence-corrected chi connectivity index (χ0v) is 12.6. The van der Waals surface area contributed by atoms with Crippen LogP contribution in [0.15, 0.2) is 15.9 Å². The summed E-state index contributed by atoms with van der Waals surface area (Å²) >= 11 is 4.93. The number of halogens is 1. The van der Waals surface area contributed by atoms with E-state index in [4.69, 9.17) is 0 Å². The predicted molar refractivity (Wildman–Crippen MR) is 79.2 cm³/mol. The summed E-state index contributed by atoms with van der Waals surface area (Å²) in [4.78, 5) is 14.1. The maximum Gasteiger partial charge on any atom is 0.225 e. The van der Waals surface area contributed by atoms with Crippen LogP contribution in [0.1, 0.15) is 12.8 Å². The van der Waals surface area contributed by atoms with Crippen LogP contribution < -0.4 is 10.6 Å². The van der Waals surface area contributed by atoms with Gasteiger partial charge >= 0.3 is 0 Å². The van der Waals surface area contributed by atoms with Crippen LogP contribution in [0.5, 0.6) is 0 Å².